The molecule has 6 nitrogen and oxygen atoms in total. The number of amides is 1. The number of carbonyl (C=O) groups excluding carboxylic acids is 1. The molecule has 2 aromatic heterocycles. The van der Waals surface area contributed by atoms with Crippen molar-refractivity contribution < 1.29 is 9.63 Å². The van der Waals surface area contributed by atoms with E-state index in [-0.39, 0.29) is 12.2 Å². The number of hydrogen-bond acceptors (Lipinski definition) is 5. The number of fused-ring (bicyclic) bond motifs is 1. The Bertz CT molecular complexity index is 871. The summed E-state index contributed by atoms with van der Waals surface area (Å²) in [7, 11) is 0. The molecule has 0 aliphatic heterocycles. The molecule has 0 aliphatic rings. The maximum absolute atomic E-state index is 12.2. The first-order valence-corrected chi connectivity index (χ1v) is 7.40. The molecule has 0 radical (unpaired) electrons. The van der Waals surface area contributed by atoms with Gasteiger partial charge in [-0.15, -0.1) is 11.3 Å². The summed E-state index contributed by atoms with van der Waals surface area (Å²) < 4.78 is 1.37. The fourth-order valence-corrected chi connectivity index (χ4v) is 2.75. The lowest BCUT2D eigenvalue weighted by Gasteiger charge is -2.05. The van der Waals surface area contributed by atoms with Crippen molar-refractivity contribution in [2.45, 2.75) is 13.5 Å². The van der Waals surface area contributed by atoms with E-state index in [2.05, 4.69) is 10.5 Å². The zero-order valence-corrected chi connectivity index (χ0v) is 12.6. The van der Waals surface area contributed by atoms with E-state index >= 15 is 0 Å². The Hall–Kier alpha value is -2.51. The van der Waals surface area contributed by atoms with Crippen molar-refractivity contribution in [3.8, 4) is 0 Å². The van der Waals surface area contributed by atoms with Crippen LogP contribution in [0.2, 0.25) is 0 Å². The van der Waals surface area contributed by atoms with E-state index in [9.17, 15) is 9.59 Å². The second-order valence-corrected chi connectivity index (χ2v) is 5.89. The van der Waals surface area contributed by atoms with Crippen LogP contribution >= 0.6 is 11.3 Å². The average molecular weight is 315 g/mol. The number of aryl methyl sites for hydroxylation is 1. The smallest absolute Gasteiger partial charge is 0.269 e. The van der Waals surface area contributed by atoms with Crippen molar-refractivity contribution in [2.24, 2.45) is 0 Å². The van der Waals surface area contributed by atoms with Gasteiger partial charge in [0, 0.05) is 17.3 Å². The first kappa shape index (κ1) is 14.4. The molecule has 0 atom stereocenters. The largest absolute Gasteiger partial charge is 0.282 e. The molecule has 0 fully saturated rings. The molecule has 112 valence electrons. The number of nitrogens with one attached hydrogen (secondary N) is 1. The molecular formula is C15H13N3O3S. The summed E-state index contributed by atoms with van der Waals surface area (Å²) in [4.78, 5) is 35.0. The standard InChI is InChI=1S/C15H13N3O3S/c1-10-8-18-14(20)12(7-16-15(18)22-10)13(19)17-21-9-11-5-3-2-4-6-11/h2-8H,9H2,1H3,(H,17,19). The summed E-state index contributed by atoms with van der Waals surface area (Å²) in [6.45, 7) is 2.10. The predicted octanol–water partition coefficient (Wildman–Crippen LogP) is 1.93. The van der Waals surface area contributed by atoms with Gasteiger partial charge in [0.15, 0.2) is 4.96 Å². The summed E-state index contributed by atoms with van der Waals surface area (Å²) in [5.74, 6) is -0.605. The number of rotatable bonds is 4. The van der Waals surface area contributed by atoms with Crippen LogP contribution in [0.15, 0.2) is 47.5 Å². The molecule has 0 saturated carbocycles. The van der Waals surface area contributed by atoms with Gasteiger partial charge in [0.25, 0.3) is 11.5 Å². The summed E-state index contributed by atoms with van der Waals surface area (Å²) in [5.41, 5.74) is 2.73. The van der Waals surface area contributed by atoms with Gasteiger partial charge in [-0.2, -0.15) is 0 Å². The summed E-state index contributed by atoms with van der Waals surface area (Å²) in [6.07, 6.45) is 2.94. The third-order valence-corrected chi connectivity index (χ3v) is 3.93. The van der Waals surface area contributed by atoms with Crippen molar-refractivity contribution in [3.63, 3.8) is 0 Å². The maximum Gasteiger partial charge on any atom is 0.282 e. The molecule has 0 aliphatic carbocycles. The van der Waals surface area contributed by atoms with Crippen LogP contribution in [0.1, 0.15) is 20.8 Å². The van der Waals surface area contributed by atoms with Crippen LogP contribution in [0.5, 0.6) is 0 Å². The van der Waals surface area contributed by atoms with E-state index in [1.165, 1.54) is 21.9 Å². The number of hydroxylamine groups is 1. The highest BCUT2D eigenvalue weighted by Crippen LogP contribution is 2.12. The van der Waals surface area contributed by atoms with E-state index in [1.807, 2.05) is 37.3 Å². The SMILES string of the molecule is Cc1cn2c(=O)c(C(=O)NOCc3ccccc3)cnc2s1. The van der Waals surface area contributed by atoms with Gasteiger partial charge in [0.1, 0.15) is 5.56 Å². The third kappa shape index (κ3) is 2.90. The molecule has 0 bridgehead atoms. The highest BCUT2D eigenvalue weighted by atomic mass is 32.1. The lowest BCUT2D eigenvalue weighted by atomic mass is 10.2. The van der Waals surface area contributed by atoms with Gasteiger partial charge in [-0.25, -0.2) is 10.5 Å². The Morgan fingerprint density at radius 2 is 2.14 bits per heavy atom. The minimum atomic E-state index is -0.605. The highest BCUT2D eigenvalue weighted by molar-refractivity contribution is 7.16. The fraction of sp³-hybridized carbons (Fsp3) is 0.133. The highest BCUT2D eigenvalue weighted by Gasteiger charge is 2.14. The lowest BCUT2D eigenvalue weighted by Crippen LogP contribution is -2.31. The Balaban J connectivity index is 1.72. The van der Waals surface area contributed by atoms with Gasteiger partial charge in [0.2, 0.25) is 0 Å². The summed E-state index contributed by atoms with van der Waals surface area (Å²) >= 11 is 1.39. The van der Waals surface area contributed by atoms with Crippen LogP contribution in [0, 0.1) is 6.92 Å². The minimum Gasteiger partial charge on any atom is -0.269 e. The van der Waals surface area contributed by atoms with Crippen molar-refractivity contribution in [1.29, 1.82) is 0 Å². The Morgan fingerprint density at radius 3 is 2.91 bits per heavy atom. The first-order chi connectivity index (χ1) is 10.6. The second kappa shape index (κ2) is 6.08. The van der Waals surface area contributed by atoms with E-state index < -0.39 is 11.5 Å². The van der Waals surface area contributed by atoms with Gasteiger partial charge in [-0.3, -0.25) is 18.8 Å². The molecule has 1 amide bonds. The number of thiazole rings is 1. The third-order valence-electron chi connectivity index (χ3n) is 3.01. The van der Waals surface area contributed by atoms with Gasteiger partial charge in [-0.05, 0) is 12.5 Å². The monoisotopic (exact) mass is 315 g/mol. The molecular weight excluding hydrogens is 302 g/mol. The van der Waals surface area contributed by atoms with Crippen molar-refractivity contribution in [1.82, 2.24) is 14.9 Å². The van der Waals surface area contributed by atoms with Crippen molar-refractivity contribution in [2.75, 3.05) is 0 Å². The second-order valence-electron chi connectivity index (χ2n) is 4.68. The molecule has 2 heterocycles. The van der Waals surface area contributed by atoms with Crippen molar-refractivity contribution in [3.05, 3.63) is 69.1 Å². The summed E-state index contributed by atoms with van der Waals surface area (Å²) in [6, 6.07) is 9.41. The number of benzene rings is 1. The van der Waals surface area contributed by atoms with Gasteiger partial charge in [0.05, 0.1) is 6.61 Å². The van der Waals surface area contributed by atoms with Gasteiger partial charge in [-0.1, -0.05) is 30.3 Å². The number of hydrogen-bond donors (Lipinski definition) is 1. The number of carbonyl (C=O) groups is 1. The molecule has 0 spiro atoms. The average Bonchev–Trinajstić information content (AvgIpc) is 2.90. The molecule has 22 heavy (non-hydrogen) atoms. The van der Waals surface area contributed by atoms with Gasteiger partial charge >= 0.3 is 0 Å². The molecule has 3 rings (SSSR count). The normalized spacial score (nSPS) is 10.8. The Kier molecular flexibility index (Phi) is 3.99. The van der Waals surface area contributed by atoms with Crippen LogP contribution in [-0.2, 0) is 11.4 Å². The quantitative estimate of drug-likeness (QED) is 0.747. The molecule has 7 heteroatoms. The lowest BCUT2D eigenvalue weighted by molar-refractivity contribution is 0.0232. The predicted molar refractivity (Wildman–Crippen MR) is 82.8 cm³/mol. The first-order valence-electron chi connectivity index (χ1n) is 6.59. The van der Waals surface area contributed by atoms with Crippen LogP contribution in [0.3, 0.4) is 0 Å². The maximum atomic E-state index is 12.2. The van der Waals surface area contributed by atoms with Crippen molar-refractivity contribution >= 4 is 22.2 Å². The fourth-order valence-electron chi connectivity index (χ4n) is 1.97. The topological polar surface area (TPSA) is 72.7 Å². The van der Waals surface area contributed by atoms with Crippen LogP contribution in [0.4, 0.5) is 0 Å². The molecule has 3 aromatic rings. The molecule has 1 aromatic carbocycles. The number of aromatic nitrogens is 2. The van der Waals surface area contributed by atoms with E-state index in [4.69, 9.17) is 4.84 Å². The zero-order chi connectivity index (χ0) is 15.5. The van der Waals surface area contributed by atoms with E-state index in [0.717, 1.165) is 10.4 Å². The molecule has 1 N–H and O–H groups in total. The van der Waals surface area contributed by atoms with Crippen LogP contribution in [0.25, 0.3) is 4.96 Å². The molecule has 0 unspecified atom stereocenters. The van der Waals surface area contributed by atoms with E-state index in [0.29, 0.717) is 4.96 Å². The van der Waals surface area contributed by atoms with Crippen LogP contribution in [-0.4, -0.2) is 15.3 Å². The minimum absolute atomic E-state index is 0.0524. The Morgan fingerprint density at radius 1 is 1.36 bits per heavy atom. The molecule has 0 saturated heterocycles. The summed E-state index contributed by atoms with van der Waals surface area (Å²) in [5, 5.41) is 0. The van der Waals surface area contributed by atoms with Gasteiger partial charge < -0.3 is 0 Å². The Labute approximate surface area is 130 Å². The van der Waals surface area contributed by atoms with Crippen LogP contribution < -0.4 is 11.0 Å². The zero-order valence-electron chi connectivity index (χ0n) is 11.8. The number of nitrogens with zero attached hydrogens (tertiary/aromatic N) is 2. The van der Waals surface area contributed by atoms with E-state index in [1.54, 1.807) is 6.20 Å².